The topological polar surface area (TPSA) is 84.9 Å². The lowest BCUT2D eigenvalue weighted by Crippen LogP contribution is -2.42. The molecule has 1 heterocycles. The van der Waals surface area contributed by atoms with Crippen molar-refractivity contribution >= 4 is 11.9 Å². The van der Waals surface area contributed by atoms with Crippen molar-refractivity contribution in [3.63, 3.8) is 0 Å². The van der Waals surface area contributed by atoms with Crippen molar-refractivity contribution in [2.75, 3.05) is 20.3 Å². The molecule has 0 aliphatic carbocycles. The first-order valence-electron chi connectivity index (χ1n) is 5.88. The van der Waals surface area contributed by atoms with E-state index in [1.807, 2.05) is 0 Å². The minimum Gasteiger partial charge on any atom is -0.496 e. The summed E-state index contributed by atoms with van der Waals surface area (Å²) in [5, 5.41) is 11.7. The lowest BCUT2D eigenvalue weighted by molar-refractivity contribution is -0.142. The molecule has 1 aliphatic rings. The van der Waals surface area contributed by atoms with Crippen molar-refractivity contribution < 1.29 is 24.2 Å². The molecule has 1 aliphatic heterocycles. The van der Waals surface area contributed by atoms with Gasteiger partial charge in [0.15, 0.2) is 0 Å². The van der Waals surface area contributed by atoms with E-state index in [9.17, 15) is 9.59 Å². The van der Waals surface area contributed by atoms with Gasteiger partial charge < -0.3 is 19.9 Å². The van der Waals surface area contributed by atoms with Gasteiger partial charge in [-0.05, 0) is 12.1 Å². The first-order valence-corrected chi connectivity index (χ1v) is 5.88. The van der Waals surface area contributed by atoms with Gasteiger partial charge in [-0.2, -0.15) is 0 Å². The zero-order valence-corrected chi connectivity index (χ0v) is 10.5. The Labute approximate surface area is 110 Å². The number of benzene rings is 1. The molecule has 2 rings (SSSR count). The summed E-state index contributed by atoms with van der Waals surface area (Å²) < 4.78 is 10.2. The van der Waals surface area contributed by atoms with E-state index in [2.05, 4.69) is 5.32 Å². The molecular weight excluding hydrogens is 250 g/mol. The van der Waals surface area contributed by atoms with Crippen molar-refractivity contribution in [3.05, 3.63) is 29.8 Å². The molecule has 2 N–H and O–H groups in total. The lowest BCUT2D eigenvalue weighted by atomic mass is 10.0. The predicted molar refractivity (Wildman–Crippen MR) is 66.2 cm³/mol. The van der Waals surface area contributed by atoms with Gasteiger partial charge >= 0.3 is 5.97 Å². The maximum Gasteiger partial charge on any atom is 0.311 e. The molecule has 19 heavy (non-hydrogen) atoms. The summed E-state index contributed by atoms with van der Waals surface area (Å²) in [5.74, 6) is -1.59. The van der Waals surface area contributed by atoms with Crippen molar-refractivity contribution in [2.45, 2.75) is 6.04 Å². The fraction of sp³-hybridized carbons (Fsp3) is 0.385. The van der Waals surface area contributed by atoms with Crippen LogP contribution in [0, 0.1) is 5.92 Å². The summed E-state index contributed by atoms with van der Waals surface area (Å²) in [6.07, 6.45) is 0. The Hall–Kier alpha value is -2.08. The number of methoxy groups -OCH3 is 1. The van der Waals surface area contributed by atoms with Crippen LogP contribution in [0.2, 0.25) is 0 Å². The number of ether oxygens (including phenoxy) is 2. The van der Waals surface area contributed by atoms with Gasteiger partial charge in [0.25, 0.3) is 5.91 Å². The molecule has 0 aromatic heterocycles. The molecule has 0 radical (unpaired) electrons. The normalized spacial score (nSPS) is 21.9. The summed E-state index contributed by atoms with van der Waals surface area (Å²) in [6, 6.07) is 6.26. The molecule has 0 spiro atoms. The summed E-state index contributed by atoms with van der Waals surface area (Å²) >= 11 is 0. The monoisotopic (exact) mass is 265 g/mol. The van der Waals surface area contributed by atoms with Gasteiger partial charge in [0, 0.05) is 0 Å². The van der Waals surface area contributed by atoms with Crippen LogP contribution in [0.4, 0.5) is 0 Å². The van der Waals surface area contributed by atoms with Crippen LogP contribution in [0.5, 0.6) is 5.75 Å². The third kappa shape index (κ3) is 2.85. The highest BCUT2D eigenvalue weighted by Gasteiger charge is 2.35. The zero-order valence-electron chi connectivity index (χ0n) is 10.5. The Morgan fingerprint density at radius 2 is 2.11 bits per heavy atom. The molecule has 0 saturated carbocycles. The number of hydrogen-bond donors (Lipinski definition) is 2. The summed E-state index contributed by atoms with van der Waals surface area (Å²) in [5.41, 5.74) is 0.376. The quantitative estimate of drug-likeness (QED) is 0.829. The van der Waals surface area contributed by atoms with E-state index < -0.39 is 17.9 Å². The summed E-state index contributed by atoms with van der Waals surface area (Å²) in [6.45, 7) is 0.323. The minimum atomic E-state index is -0.970. The minimum absolute atomic E-state index is 0.117. The molecule has 1 aromatic carbocycles. The number of hydrogen-bond acceptors (Lipinski definition) is 4. The number of amides is 1. The largest absolute Gasteiger partial charge is 0.496 e. The van der Waals surface area contributed by atoms with Crippen LogP contribution in [0.3, 0.4) is 0 Å². The number of rotatable bonds is 4. The zero-order chi connectivity index (χ0) is 13.8. The Morgan fingerprint density at radius 1 is 1.37 bits per heavy atom. The third-order valence-corrected chi connectivity index (χ3v) is 3.07. The first kappa shape index (κ1) is 13.4. The Balaban J connectivity index is 2.10. The Kier molecular flexibility index (Phi) is 4.01. The second-order valence-electron chi connectivity index (χ2n) is 4.26. The average molecular weight is 265 g/mol. The van der Waals surface area contributed by atoms with Gasteiger partial charge in [0.05, 0.1) is 31.9 Å². The van der Waals surface area contributed by atoms with Gasteiger partial charge in [0.1, 0.15) is 11.7 Å². The molecule has 2 atom stereocenters. The molecule has 1 fully saturated rings. The van der Waals surface area contributed by atoms with E-state index in [-0.39, 0.29) is 19.1 Å². The van der Waals surface area contributed by atoms with E-state index >= 15 is 0 Å². The summed E-state index contributed by atoms with van der Waals surface area (Å²) in [4.78, 5) is 23.1. The fourth-order valence-corrected chi connectivity index (χ4v) is 2.02. The fourth-order valence-electron chi connectivity index (χ4n) is 2.02. The van der Waals surface area contributed by atoms with Crippen LogP contribution in [-0.2, 0) is 9.53 Å². The van der Waals surface area contributed by atoms with Gasteiger partial charge in [-0.15, -0.1) is 0 Å². The van der Waals surface area contributed by atoms with Crippen LogP contribution in [0.15, 0.2) is 24.3 Å². The van der Waals surface area contributed by atoms with Crippen LogP contribution in [-0.4, -0.2) is 43.3 Å². The molecule has 1 aromatic rings. The highest BCUT2D eigenvalue weighted by Crippen LogP contribution is 2.19. The number of carbonyl (C=O) groups excluding carboxylic acids is 1. The lowest BCUT2D eigenvalue weighted by Gasteiger charge is -2.16. The smallest absolute Gasteiger partial charge is 0.311 e. The van der Waals surface area contributed by atoms with Crippen molar-refractivity contribution in [1.82, 2.24) is 5.32 Å². The van der Waals surface area contributed by atoms with Gasteiger partial charge in [0.2, 0.25) is 0 Å². The van der Waals surface area contributed by atoms with E-state index in [1.165, 1.54) is 7.11 Å². The number of aliphatic carboxylic acids is 1. The molecular formula is C13H15NO5. The molecule has 1 saturated heterocycles. The number of nitrogens with one attached hydrogen (secondary N) is 1. The second-order valence-corrected chi connectivity index (χ2v) is 4.26. The number of carboxylic acid groups (broad SMARTS) is 1. The number of carboxylic acids is 1. The van der Waals surface area contributed by atoms with Crippen LogP contribution < -0.4 is 10.1 Å². The van der Waals surface area contributed by atoms with Crippen LogP contribution >= 0.6 is 0 Å². The molecule has 6 nitrogen and oxygen atoms in total. The number of para-hydroxylation sites is 1. The maximum absolute atomic E-state index is 12.1. The van der Waals surface area contributed by atoms with Gasteiger partial charge in [-0.25, -0.2) is 0 Å². The van der Waals surface area contributed by atoms with Crippen molar-refractivity contribution in [2.24, 2.45) is 5.92 Å². The van der Waals surface area contributed by atoms with E-state index in [4.69, 9.17) is 14.6 Å². The van der Waals surface area contributed by atoms with Crippen LogP contribution in [0.25, 0.3) is 0 Å². The molecule has 2 unspecified atom stereocenters. The van der Waals surface area contributed by atoms with E-state index in [0.717, 1.165) is 0 Å². The Morgan fingerprint density at radius 3 is 2.79 bits per heavy atom. The predicted octanol–water partition coefficient (Wildman–Crippen LogP) is 0.525. The van der Waals surface area contributed by atoms with Gasteiger partial charge in [-0.1, -0.05) is 12.1 Å². The SMILES string of the molecule is COc1ccccc1C(=O)NC1COCC1C(=O)O. The molecule has 1 amide bonds. The molecule has 102 valence electrons. The molecule has 6 heteroatoms. The Bertz CT molecular complexity index is 488. The third-order valence-electron chi connectivity index (χ3n) is 3.07. The highest BCUT2D eigenvalue weighted by atomic mass is 16.5. The summed E-state index contributed by atoms with van der Waals surface area (Å²) in [7, 11) is 1.48. The standard InChI is InChI=1S/C13H15NO5/c1-18-11-5-3-2-4-8(11)12(15)14-10-7-19-6-9(10)13(16)17/h2-5,9-10H,6-7H2,1H3,(H,14,15)(H,16,17). The number of carbonyl (C=O) groups is 2. The van der Waals surface area contributed by atoms with E-state index in [1.54, 1.807) is 24.3 Å². The second kappa shape index (κ2) is 5.71. The highest BCUT2D eigenvalue weighted by molar-refractivity contribution is 5.97. The van der Waals surface area contributed by atoms with Gasteiger partial charge in [-0.3, -0.25) is 9.59 Å². The van der Waals surface area contributed by atoms with Crippen LogP contribution in [0.1, 0.15) is 10.4 Å². The maximum atomic E-state index is 12.1. The average Bonchev–Trinajstić information content (AvgIpc) is 2.87. The van der Waals surface area contributed by atoms with Crippen molar-refractivity contribution in [1.29, 1.82) is 0 Å². The molecule has 0 bridgehead atoms. The van der Waals surface area contributed by atoms with E-state index in [0.29, 0.717) is 11.3 Å². The van der Waals surface area contributed by atoms with Crippen molar-refractivity contribution in [3.8, 4) is 5.75 Å². The first-order chi connectivity index (χ1) is 9.13.